The fourth-order valence-electron chi connectivity index (χ4n) is 1.39. The van der Waals surface area contributed by atoms with E-state index in [1.807, 2.05) is 0 Å². The highest BCUT2D eigenvalue weighted by Gasteiger charge is 2.36. The summed E-state index contributed by atoms with van der Waals surface area (Å²) in [6.07, 6.45) is 0. The summed E-state index contributed by atoms with van der Waals surface area (Å²) in [4.78, 5) is 25.4. The molecule has 0 unspecified atom stereocenters. The lowest BCUT2D eigenvalue weighted by Crippen LogP contribution is -2.41. The summed E-state index contributed by atoms with van der Waals surface area (Å²) in [6.45, 7) is 2.34. The maximum Gasteiger partial charge on any atom is 0.327 e. The molecule has 74 valence electrons. The Morgan fingerprint density at radius 1 is 1.54 bits per heavy atom. The Morgan fingerprint density at radius 3 is 2.54 bits per heavy atom. The molecule has 1 fully saturated rings. The minimum atomic E-state index is -0.241. The second-order valence-electron chi connectivity index (χ2n) is 3.21. The number of methoxy groups -OCH3 is 1. The van der Waals surface area contributed by atoms with Crippen molar-refractivity contribution in [2.75, 3.05) is 27.3 Å². The predicted molar refractivity (Wildman–Crippen MR) is 46.2 cm³/mol. The van der Waals surface area contributed by atoms with Crippen LogP contribution in [0.3, 0.4) is 0 Å². The van der Waals surface area contributed by atoms with Crippen molar-refractivity contribution in [1.29, 1.82) is 0 Å². The molecule has 0 aromatic carbocycles. The number of rotatable bonds is 3. The summed E-state index contributed by atoms with van der Waals surface area (Å²) in [6, 6.07) is -0.426. The summed E-state index contributed by atoms with van der Waals surface area (Å²) in [5.41, 5.74) is 0. The minimum Gasteiger partial charge on any atom is -0.383 e. The fourth-order valence-corrected chi connectivity index (χ4v) is 1.39. The molecule has 1 aliphatic heterocycles. The van der Waals surface area contributed by atoms with Crippen LogP contribution in [0.4, 0.5) is 4.79 Å². The number of imide groups is 1. The zero-order valence-corrected chi connectivity index (χ0v) is 8.11. The Balaban J connectivity index is 2.68. The van der Waals surface area contributed by atoms with Gasteiger partial charge in [0.2, 0.25) is 0 Å². The summed E-state index contributed by atoms with van der Waals surface area (Å²) in [7, 11) is 3.16. The molecule has 5 nitrogen and oxygen atoms in total. The van der Waals surface area contributed by atoms with Gasteiger partial charge in [-0.3, -0.25) is 9.69 Å². The summed E-state index contributed by atoms with van der Waals surface area (Å²) in [5, 5.41) is 0. The Labute approximate surface area is 77.2 Å². The van der Waals surface area contributed by atoms with Crippen molar-refractivity contribution >= 4 is 11.9 Å². The number of ether oxygens (including phenoxy) is 1. The normalized spacial score (nSPS) is 19.9. The van der Waals surface area contributed by atoms with Crippen molar-refractivity contribution in [2.45, 2.75) is 13.0 Å². The first-order valence-electron chi connectivity index (χ1n) is 4.14. The van der Waals surface area contributed by atoms with Crippen LogP contribution in [0.1, 0.15) is 6.92 Å². The van der Waals surface area contributed by atoms with Gasteiger partial charge >= 0.3 is 6.03 Å². The van der Waals surface area contributed by atoms with E-state index >= 15 is 0 Å². The molecule has 13 heavy (non-hydrogen) atoms. The molecule has 0 aliphatic carbocycles. The van der Waals surface area contributed by atoms with E-state index in [0.29, 0.717) is 6.61 Å². The number of amides is 3. The van der Waals surface area contributed by atoms with Crippen LogP contribution in [0.25, 0.3) is 0 Å². The van der Waals surface area contributed by atoms with Gasteiger partial charge in [0.1, 0.15) is 6.54 Å². The van der Waals surface area contributed by atoms with Gasteiger partial charge in [-0.2, -0.15) is 0 Å². The van der Waals surface area contributed by atoms with E-state index in [1.165, 1.54) is 9.80 Å². The van der Waals surface area contributed by atoms with E-state index in [0.717, 1.165) is 0 Å². The van der Waals surface area contributed by atoms with Crippen LogP contribution in [0.5, 0.6) is 0 Å². The molecule has 3 amide bonds. The Hall–Kier alpha value is -1.10. The van der Waals surface area contributed by atoms with Crippen molar-refractivity contribution in [3.05, 3.63) is 0 Å². The first-order chi connectivity index (χ1) is 6.07. The van der Waals surface area contributed by atoms with E-state index in [9.17, 15) is 9.59 Å². The monoisotopic (exact) mass is 186 g/mol. The Bertz CT molecular complexity index is 229. The summed E-state index contributed by atoms with van der Waals surface area (Å²) in [5.74, 6) is -0.156. The first-order valence-corrected chi connectivity index (χ1v) is 4.14. The van der Waals surface area contributed by atoms with E-state index in [1.54, 1.807) is 21.1 Å². The molecule has 1 aliphatic rings. The van der Waals surface area contributed by atoms with Gasteiger partial charge in [0.05, 0.1) is 12.6 Å². The van der Waals surface area contributed by atoms with Gasteiger partial charge in [0.15, 0.2) is 0 Å². The number of carbonyl (C=O) groups is 2. The van der Waals surface area contributed by atoms with Crippen LogP contribution in [0, 0.1) is 0 Å². The Morgan fingerprint density at radius 2 is 2.15 bits per heavy atom. The largest absolute Gasteiger partial charge is 0.383 e. The van der Waals surface area contributed by atoms with Crippen LogP contribution in [-0.4, -0.2) is 55.1 Å². The van der Waals surface area contributed by atoms with Gasteiger partial charge in [0.25, 0.3) is 5.91 Å². The molecule has 1 heterocycles. The van der Waals surface area contributed by atoms with E-state index in [-0.39, 0.29) is 24.5 Å². The number of nitrogens with zero attached hydrogens (tertiary/aromatic N) is 2. The maximum atomic E-state index is 11.4. The molecule has 0 N–H and O–H groups in total. The third-order valence-electron chi connectivity index (χ3n) is 2.02. The van der Waals surface area contributed by atoms with Gasteiger partial charge in [-0.15, -0.1) is 0 Å². The summed E-state index contributed by atoms with van der Waals surface area (Å²) < 4.78 is 4.88. The number of likely N-dealkylation sites (N-methyl/N-ethyl adjacent to an activating group) is 1. The van der Waals surface area contributed by atoms with Gasteiger partial charge in [-0.1, -0.05) is 0 Å². The molecule has 5 heteroatoms. The van der Waals surface area contributed by atoms with E-state index < -0.39 is 0 Å². The van der Waals surface area contributed by atoms with Crippen LogP contribution in [0.2, 0.25) is 0 Å². The van der Waals surface area contributed by atoms with Crippen LogP contribution >= 0.6 is 0 Å². The lowest BCUT2D eigenvalue weighted by molar-refractivity contribution is -0.127. The number of urea groups is 1. The zero-order chi connectivity index (χ0) is 10.0. The third-order valence-corrected chi connectivity index (χ3v) is 2.02. The second kappa shape index (κ2) is 3.74. The average Bonchev–Trinajstić information content (AvgIpc) is 2.27. The van der Waals surface area contributed by atoms with Gasteiger partial charge < -0.3 is 9.64 Å². The molecule has 0 aromatic heterocycles. The highest BCUT2D eigenvalue weighted by atomic mass is 16.5. The van der Waals surface area contributed by atoms with Crippen molar-refractivity contribution in [3.8, 4) is 0 Å². The molecule has 0 aromatic rings. The first kappa shape index (κ1) is 9.98. The molecule has 0 saturated carbocycles. The highest BCUT2D eigenvalue weighted by molar-refractivity contribution is 6.02. The fraction of sp³-hybridized carbons (Fsp3) is 0.750. The molecule has 1 atom stereocenters. The lowest BCUT2D eigenvalue weighted by atomic mass is 10.3. The molecule has 0 bridgehead atoms. The number of hydrogen-bond donors (Lipinski definition) is 0. The van der Waals surface area contributed by atoms with Crippen molar-refractivity contribution in [2.24, 2.45) is 0 Å². The molecule has 1 rings (SSSR count). The zero-order valence-electron chi connectivity index (χ0n) is 8.11. The van der Waals surface area contributed by atoms with Crippen molar-refractivity contribution in [1.82, 2.24) is 9.80 Å². The molecular formula is C8H14N2O3. The smallest absolute Gasteiger partial charge is 0.327 e. The Kier molecular flexibility index (Phi) is 2.87. The van der Waals surface area contributed by atoms with Gasteiger partial charge in [-0.05, 0) is 6.92 Å². The van der Waals surface area contributed by atoms with E-state index in [4.69, 9.17) is 4.74 Å². The highest BCUT2D eigenvalue weighted by Crippen LogP contribution is 2.11. The lowest BCUT2D eigenvalue weighted by Gasteiger charge is -2.21. The molecule has 0 spiro atoms. The summed E-state index contributed by atoms with van der Waals surface area (Å²) >= 11 is 0. The van der Waals surface area contributed by atoms with Gasteiger partial charge in [0, 0.05) is 14.2 Å². The minimum absolute atomic E-state index is 0.156. The standard InChI is InChI=1S/C8H14N2O3/c1-6(5-13-3)10-7(11)4-9(2)8(10)12/h6H,4-5H2,1-3H3/t6-/m1/s1. The van der Waals surface area contributed by atoms with Crippen LogP contribution in [-0.2, 0) is 9.53 Å². The van der Waals surface area contributed by atoms with Crippen molar-refractivity contribution in [3.63, 3.8) is 0 Å². The molecule has 1 saturated heterocycles. The quantitative estimate of drug-likeness (QED) is 0.579. The van der Waals surface area contributed by atoms with E-state index in [2.05, 4.69) is 0 Å². The van der Waals surface area contributed by atoms with Gasteiger partial charge in [-0.25, -0.2) is 4.79 Å². The maximum absolute atomic E-state index is 11.4. The van der Waals surface area contributed by atoms with Crippen LogP contribution < -0.4 is 0 Å². The number of carbonyl (C=O) groups excluding carboxylic acids is 2. The second-order valence-corrected chi connectivity index (χ2v) is 3.21. The van der Waals surface area contributed by atoms with Crippen molar-refractivity contribution < 1.29 is 14.3 Å². The SMILES string of the molecule is COC[C@@H](C)N1C(=O)CN(C)C1=O. The van der Waals surface area contributed by atoms with Crippen LogP contribution in [0.15, 0.2) is 0 Å². The molecule has 0 radical (unpaired) electrons. The average molecular weight is 186 g/mol. The molecular weight excluding hydrogens is 172 g/mol. The topological polar surface area (TPSA) is 49.9 Å². The number of hydrogen-bond acceptors (Lipinski definition) is 3. The predicted octanol–water partition coefficient (Wildman–Crippen LogP) is -0.0847. The third kappa shape index (κ3) is 1.80.